The molecule has 3 N–H and O–H groups in total. The Hall–Kier alpha value is -0.610. The van der Waals surface area contributed by atoms with E-state index in [1.807, 2.05) is 0 Å². The third-order valence-electron chi connectivity index (χ3n) is 2.48. The molecule has 0 fully saturated rings. The van der Waals surface area contributed by atoms with Gasteiger partial charge in [0.15, 0.2) is 0 Å². The van der Waals surface area contributed by atoms with Gasteiger partial charge in [0.25, 0.3) is 0 Å². The minimum absolute atomic E-state index is 0.212. The van der Waals surface area contributed by atoms with Crippen molar-refractivity contribution in [1.29, 1.82) is 0 Å². The first-order valence-corrected chi connectivity index (χ1v) is 5.52. The predicted octanol–water partition coefficient (Wildman–Crippen LogP) is 0.672. The van der Waals surface area contributed by atoms with E-state index in [0.29, 0.717) is 6.54 Å². The average molecular weight is 217 g/mol. The fourth-order valence-corrected chi connectivity index (χ4v) is 1.12. The molecule has 0 radical (unpaired) electrons. The minimum atomic E-state index is -1.15. The summed E-state index contributed by atoms with van der Waals surface area (Å²) >= 11 is 0. The molecule has 1 amide bonds. The highest BCUT2D eigenvalue weighted by atomic mass is 16.3. The first-order chi connectivity index (χ1) is 6.95. The van der Waals surface area contributed by atoms with E-state index >= 15 is 0 Å². The molecule has 0 aromatic heterocycles. The second-order valence-electron chi connectivity index (χ2n) is 4.55. The van der Waals surface area contributed by atoms with Crippen LogP contribution < -0.4 is 5.32 Å². The summed E-state index contributed by atoms with van der Waals surface area (Å²) in [5.74, 6) is -0.398. The van der Waals surface area contributed by atoms with Crippen molar-refractivity contribution in [3.63, 3.8) is 0 Å². The molecule has 4 nitrogen and oxygen atoms in total. The summed E-state index contributed by atoms with van der Waals surface area (Å²) in [5.41, 5.74) is -0.783. The molecule has 1 atom stereocenters. The molecule has 0 bridgehead atoms. The Morgan fingerprint density at radius 1 is 1.40 bits per heavy atom. The van der Waals surface area contributed by atoms with Crippen LogP contribution in [0.3, 0.4) is 0 Å². The quantitative estimate of drug-likeness (QED) is 0.549. The molecule has 0 saturated heterocycles. The van der Waals surface area contributed by atoms with Gasteiger partial charge in [0.05, 0.1) is 6.61 Å². The van der Waals surface area contributed by atoms with Crippen LogP contribution in [0.15, 0.2) is 0 Å². The Labute approximate surface area is 91.7 Å². The van der Waals surface area contributed by atoms with E-state index in [1.165, 1.54) is 0 Å². The van der Waals surface area contributed by atoms with Crippen molar-refractivity contribution < 1.29 is 15.0 Å². The highest BCUT2D eigenvalue weighted by Gasteiger charge is 2.32. The smallest absolute Gasteiger partial charge is 0.249 e. The van der Waals surface area contributed by atoms with Gasteiger partial charge in [0.2, 0.25) is 5.91 Å². The maximum atomic E-state index is 11.4. The largest absolute Gasteiger partial charge is 0.396 e. The van der Waals surface area contributed by atoms with Gasteiger partial charge in [0, 0.05) is 12.0 Å². The number of unbranched alkanes of at least 4 members (excludes halogenated alkanes) is 2. The second-order valence-corrected chi connectivity index (χ2v) is 4.55. The molecule has 1 unspecified atom stereocenters. The Kier molecular flexibility index (Phi) is 6.52. The van der Waals surface area contributed by atoms with Crippen LogP contribution in [0, 0.1) is 5.41 Å². The number of carbonyl (C=O) groups excluding carboxylic acids is 1. The Bertz CT molecular complexity index is 192. The first-order valence-electron chi connectivity index (χ1n) is 5.52. The molecule has 90 valence electrons. The van der Waals surface area contributed by atoms with Crippen LogP contribution in [0.4, 0.5) is 0 Å². The summed E-state index contributed by atoms with van der Waals surface area (Å²) in [6, 6.07) is 0. The van der Waals surface area contributed by atoms with Crippen LogP contribution in [0.2, 0.25) is 0 Å². The van der Waals surface area contributed by atoms with Gasteiger partial charge >= 0.3 is 0 Å². The molecule has 0 aliphatic rings. The summed E-state index contributed by atoms with van der Waals surface area (Å²) < 4.78 is 0. The molecule has 15 heavy (non-hydrogen) atoms. The van der Waals surface area contributed by atoms with Crippen molar-refractivity contribution in [2.45, 2.75) is 46.1 Å². The predicted molar refractivity (Wildman–Crippen MR) is 59.4 cm³/mol. The summed E-state index contributed by atoms with van der Waals surface area (Å²) in [7, 11) is 0. The zero-order valence-corrected chi connectivity index (χ0v) is 9.92. The second kappa shape index (κ2) is 6.80. The van der Waals surface area contributed by atoms with Crippen molar-refractivity contribution in [3.8, 4) is 0 Å². The van der Waals surface area contributed by atoms with Gasteiger partial charge in [0.1, 0.15) is 6.10 Å². The van der Waals surface area contributed by atoms with E-state index in [1.54, 1.807) is 13.8 Å². The average Bonchev–Trinajstić information content (AvgIpc) is 2.23. The van der Waals surface area contributed by atoms with Crippen LogP contribution >= 0.6 is 0 Å². The molecule has 0 saturated carbocycles. The molecule has 4 heteroatoms. The third kappa shape index (κ3) is 5.14. The molecular formula is C11H23NO3. The molecular weight excluding hydrogens is 194 g/mol. The zero-order chi connectivity index (χ0) is 11.9. The number of amides is 1. The first kappa shape index (κ1) is 14.4. The fourth-order valence-electron chi connectivity index (χ4n) is 1.12. The lowest BCUT2D eigenvalue weighted by atomic mass is 9.87. The molecule has 0 heterocycles. The van der Waals surface area contributed by atoms with Crippen molar-refractivity contribution in [1.82, 2.24) is 5.32 Å². The number of rotatable bonds is 7. The van der Waals surface area contributed by atoms with Gasteiger partial charge in [-0.25, -0.2) is 0 Å². The van der Waals surface area contributed by atoms with E-state index in [-0.39, 0.29) is 6.61 Å². The summed E-state index contributed by atoms with van der Waals surface area (Å²) in [4.78, 5) is 11.4. The maximum absolute atomic E-state index is 11.4. The number of hydrogen-bond acceptors (Lipinski definition) is 3. The highest BCUT2D eigenvalue weighted by molar-refractivity contribution is 5.81. The number of aliphatic hydroxyl groups excluding tert-OH is 2. The van der Waals surface area contributed by atoms with E-state index in [9.17, 15) is 9.90 Å². The number of hydrogen-bond donors (Lipinski definition) is 3. The third-order valence-corrected chi connectivity index (χ3v) is 2.48. The lowest BCUT2D eigenvalue weighted by Gasteiger charge is -2.27. The number of carbonyl (C=O) groups is 1. The monoisotopic (exact) mass is 217 g/mol. The van der Waals surface area contributed by atoms with Crippen LogP contribution in [0.25, 0.3) is 0 Å². The molecule has 0 aromatic rings. The van der Waals surface area contributed by atoms with Gasteiger partial charge in [-0.15, -0.1) is 0 Å². The van der Waals surface area contributed by atoms with Crippen molar-refractivity contribution >= 4 is 5.91 Å². The van der Waals surface area contributed by atoms with Gasteiger partial charge in [-0.05, 0) is 6.42 Å². The Morgan fingerprint density at radius 3 is 2.47 bits per heavy atom. The molecule has 0 rings (SSSR count). The normalized spacial score (nSPS) is 13.7. The lowest BCUT2D eigenvalue weighted by Crippen LogP contribution is -2.45. The van der Waals surface area contributed by atoms with E-state index in [4.69, 9.17) is 5.11 Å². The Morgan fingerprint density at radius 2 is 2.00 bits per heavy atom. The van der Waals surface area contributed by atoms with Crippen molar-refractivity contribution in [2.75, 3.05) is 13.2 Å². The SMILES string of the molecule is CCCCCNC(=O)C(O)C(C)(C)CO. The zero-order valence-electron chi connectivity index (χ0n) is 9.92. The standard InChI is InChI=1S/C11H23NO3/c1-4-5-6-7-12-10(15)9(14)11(2,3)8-13/h9,13-14H,4-8H2,1-3H3,(H,12,15). The minimum Gasteiger partial charge on any atom is -0.396 e. The van der Waals surface area contributed by atoms with E-state index in [2.05, 4.69) is 12.2 Å². The van der Waals surface area contributed by atoms with Gasteiger partial charge < -0.3 is 15.5 Å². The van der Waals surface area contributed by atoms with Crippen molar-refractivity contribution in [2.24, 2.45) is 5.41 Å². The van der Waals surface area contributed by atoms with Gasteiger partial charge in [-0.2, -0.15) is 0 Å². The van der Waals surface area contributed by atoms with Crippen LogP contribution in [0.1, 0.15) is 40.0 Å². The Balaban J connectivity index is 3.89. The molecule has 0 aromatic carbocycles. The van der Waals surface area contributed by atoms with Crippen LogP contribution in [0.5, 0.6) is 0 Å². The molecule has 0 spiro atoms. The van der Waals surface area contributed by atoms with Crippen LogP contribution in [-0.4, -0.2) is 35.4 Å². The van der Waals surface area contributed by atoms with E-state index < -0.39 is 17.4 Å². The molecule has 0 aliphatic carbocycles. The van der Waals surface area contributed by atoms with E-state index in [0.717, 1.165) is 19.3 Å². The number of aliphatic hydroxyl groups is 2. The number of nitrogens with one attached hydrogen (secondary N) is 1. The summed E-state index contributed by atoms with van der Waals surface area (Å²) in [6.45, 7) is 5.78. The fraction of sp³-hybridized carbons (Fsp3) is 0.909. The maximum Gasteiger partial charge on any atom is 0.249 e. The summed E-state index contributed by atoms with van der Waals surface area (Å²) in [6.07, 6.45) is 1.94. The van der Waals surface area contributed by atoms with Crippen LogP contribution in [-0.2, 0) is 4.79 Å². The lowest BCUT2D eigenvalue weighted by molar-refractivity contribution is -0.137. The topological polar surface area (TPSA) is 69.6 Å². The molecule has 0 aliphatic heterocycles. The van der Waals surface area contributed by atoms with Crippen molar-refractivity contribution in [3.05, 3.63) is 0 Å². The van der Waals surface area contributed by atoms with Gasteiger partial charge in [-0.1, -0.05) is 33.6 Å². The summed E-state index contributed by atoms with van der Waals surface area (Å²) in [5, 5.41) is 21.3. The van der Waals surface area contributed by atoms with Gasteiger partial charge in [-0.3, -0.25) is 4.79 Å². The highest BCUT2D eigenvalue weighted by Crippen LogP contribution is 2.19.